The molecule has 1 fully saturated rings. The number of rotatable bonds is 8. The fourth-order valence-electron chi connectivity index (χ4n) is 3.00. The average molecular weight is 370 g/mol. The molecule has 6 heteroatoms. The number of hydrogen-bond acceptors (Lipinski definition) is 4. The van der Waals surface area contributed by atoms with Crippen LogP contribution in [0.15, 0.2) is 24.3 Å². The van der Waals surface area contributed by atoms with Crippen molar-refractivity contribution in [2.45, 2.75) is 44.9 Å². The number of hydrogen-bond donors (Lipinski definition) is 0. The van der Waals surface area contributed by atoms with Gasteiger partial charge in [-0.2, -0.15) is 0 Å². The van der Waals surface area contributed by atoms with Gasteiger partial charge in [0, 0.05) is 18.3 Å². The predicted molar refractivity (Wildman–Crippen MR) is 101 cm³/mol. The summed E-state index contributed by atoms with van der Waals surface area (Å²) in [6.45, 7) is 4.81. The monoisotopic (exact) mass is 369 g/mol. The van der Waals surface area contributed by atoms with Crippen LogP contribution in [0.4, 0.5) is 0 Å². The Morgan fingerprint density at radius 3 is 2.79 bits per heavy atom. The van der Waals surface area contributed by atoms with Gasteiger partial charge in [0.25, 0.3) is 0 Å². The minimum Gasteiger partial charge on any atom is -0.338 e. The Hall–Kier alpha value is -1.01. The van der Waals surface area contributed by atoms with Crippen LogP contribution < -0.4 is 0 Å². The van der Waals surface area contributed by atoms with Gasteiger partial charge in [-0.25, -0.2) is 8.42 Å². The molecule has 2 rings (SSSR count). The van der Waals surface area contributed by atoms with E-state index in [2.05, 4.69) is 32.0 Å². The SMILES string of the molecule is CCCCN(C(=O)CSCc1cccc(C)c1)C1CCS(=O)(=O)C1. The van der Waals surface area contributed by atoms with Crippen LogP contribution in [0.5, 0.6) is 0 Å². The highest BCUT2D eigenvalue weighted by molar-refractivity contribution is 7.99. The van der Waals surface area contributed by atoms with Gasteiger partial charge in [0.1, 0.15) is 0 Å². The lowest BCUT2D eigenvalue weighted by Gasteiger charge is -2.28. The van der Waals surface area contributed by atoms with Gasteiger partial charge in [-0.3, -0.25) is 4.79 Å². The van der Waals surface area contributed by atoms with Crippen molar-refractivity contribution in [3.8, 4) is 0 Å². The second-order valence-corrected chi connectivity index (χ2v) is 9.69. The first-order valence-corrected chi connectivity index (χ1v) is 11.5. The lowest BCUT2D eigenvalue weighted by molar-refractivity contribution is -0.130. The third-order valence-electron chi connectivity index (χ3n) is 4.30. The molecular weight excluding hydrogens is 342 g/mol. The van der Waals surface area contributed by atoms with Crippen molar-refractivity contribution in [3.63, 3.8) is 0 Å². The molecule has 1 atom stereocenters. The van der Waals surface area contributed by atoms with E-state index in [1.54, 1.807) is 11.8 Å². The third kappa shape index (κ3) is 5.81. The molecular formula is C18H27NO3S2. The number of carbonyl (C=O) groups is 1. The summed E-state index contributed by atoms with van der Waals surface area (Å²) in [6, 6.07) is 8.17. The van der Waals surface area contributed by atoms with Crippen molar-refractivity contribution in [2.75, 3.05) is 23.8 Å². The van der Waals surface area contributed by atoms with E-state index in [1.807, 2.05) is 11.0 Å². The molecule has 1 aromatic rings. The molecule has 1 unspecified atom stereocenters. The molecule has 134 valence electrons. The molecule has 1 aliphatic heterocycles. The largest absolute Gasteiger partial charge is 0.338 e. The number of benzene rings is 1. The van der Waals surface area contributed by atoms with E-state index in [0.717, 1.165) is 18.6 Å². The molecule has 24 heavy (non-hydrogen) atoms. The summed E-state index contributed by atoms with van der Waals surface area (Å²) >= 11 is 1.60. The molecule has 1 saturated heterocycles. The van der Waals surface area contributed by atoms with Gasteiger partial charge < -0.3 is 4.90 Å². The van der Waals surface area contributed by atoms with Crippen molar-refractivity contribution < 1.29 is 13.2 Å². The molecule has 1 aliphatic rings. The number of unbranched alkanes of at least 4 members (excludes halogenated alkanes) is 1. The Morgan fingerprint density at radius 2 is 2.17 bits per heavy atom. The first-order chi connectivity index (χ1) is 11.4. The van der Waals surface area contributed by atoms with Gasteiger partial charge in [-0.05, 0) is 25.3 Å². The van der Waals surface area contributed by atoms with Crippen molar-refractivity contribution in [1.29, 1.82) is 0 Å². The van der Waals surface area contributed by atoms with E-state index >= 15 is 0 Å². The molecule has 0 aliphatic carbocycles. The molecule has 0 aromatic heterocycles. The van der Waals surface area contributed by atoms with Crippen LogP contribution in [0.25, 0.3) is 0 Å². The molecule has 0 bridgehead atoms. The van der Waals surface area contributed by atoms with Crippen molar-refractivity contribution in [3.05, 3.63) is 35.4 Å². The topological polar surface area (TPSA) is 54.5 Å². The summed E-state index contributed by atoms with van der Waals surface area (Å²) in [5.41, 5.74) is 2.44. The van der Waals surface area contributed by atoms with Crippen LogP contribution in [0.2, 0.25) is 0 Å². The fourth-order valence-corrected chi connectivity index (χ4v) is 5.59. The number of sulfone groups is 1. The minimum atomic E-state index is -2.97. The number of carbonyl (C=O) groups excluding carboxylic acids is 1. The van der Waals surface area contributed by atoms with Crippen LogP contribution in [0.3, 0.4) is 0 Å². The van der Waals surface area contributed by atoms with Gasteiger partial charge in [0.2, 0.25) is 5.91 Å². The quantitative estimate of drug-likeness (QED) is 0.707. The third-order valence-corrected chi connectivity index (χ3v) is 7.04. The van der Waals surface area contributed by atoms with E-state index in [4.69, 9.17) is 0 Å². The zero-order valence-electron chi connectivity index (χ0n) is 14.5. The van der Waals surface area contributed by atoms with Crippen LogP contribution >= 0.6 is 11.8 Å². The highest BCUT2D eigenvalue weighted by atomic mass is 32.2. The molecule has 0 saturated carbocycles. The van der Waals surface area contributed by atoms with E-state index in [-0.39, 0.29) is 23.5 Å². The van der Waals surface area contributed by atoms with Crippen molar-refractivity contribution in [1.82, 2.24) is 4.90 Å². The van der Waals surface area contributed by atoms with Gasteiger partial charge >= 0.3 is 0 Å². The Morgan fingerprint density at radius 1 is 1.38 bits per heavy atom. The highest BCUT2D eigenvalue weighted by Crippen LogP contribution is 2.21. The minimum absolute atomic E-state index is 0.0724. The number of thioether (sulfide) groups is 1. The predicted octanol–water partition coefficient (Wildman–Crippen LogP) is 3.04. The first-order valence-electron chi connectivity index (χ1n) is 8.54. The molecule has 0 N–H and O–H groups in total. The first kappa shape index (κ1) is 19.3. The average Bonchev–Trinajstić information content (AvgIpc) is 2.88. The Labute approximate surface area is 149 Å². The Kier molecular flexibility index (Phi) is 7.16. The van der Waals surface area contributed by atoms with Crippen molar-refractivity contribution >= 4 is 27.5 Å². The normalized spacial score (nSPS) is 19.3. The van der Waals surface area contributed by atoms with Crippen LogP contribution in [-0.4, -0.2) is 49.1 Å². The molecule has 1 aromatic carbocycles. The molecule has 4 nitrogen and oxygen atoms in total. The highest BCUT2D eigenvalue weighted by Gasteiger charge is 2.34. The van der Waals surface area contributed by atoms with Gasteiger partial charge in [-0.15, -0.1) is 11.8 Å². The fraction of sp³-hybridized carbons (Fsp3) is 0.611. The summed E-state index contributed by atoms with van der Waals surface area (Å²) in [7, 11) is -2.97. The number of aryl methyl sites for hydroxylation is 1. The van der Waals surface area contributed by atoms with E-state index in [9.17, 15) is 13.2 Å². The van der Waals surface area contributed by atoms with Gasteiger partial charge in [0.15, 0.2) is 9.84 Å². The smallest absolute Gasteiger partial charge is 0.232 e. The summed E-state index contributed by atoms with van der Waals surface area (Å²) < 4.78 is 23.5. The van der Waals surface area contributed by atoms with E-state index < -0.39 is 9.84 Å². The lowest BCUT2D eigenvalue weighted by atomic mass is 10.2. The Balaban J connectivity index is 1.90. The van der Waals surface area contributed by atoms with Crippen molar-refractivity contribution in [2.24, 2.45) is 0 Å². The standard InChI is InChI=1S/C18H27NO3S2/c1-3-4-9-19(17-8-10-24(21,22)14-17)18(20)13-23-12-16-7-5-6-15(2)11-16/h5-7,11,17H,3-4,8-10,12-14H2,1-2H3. The summed E-state index contributed by atoms with van der Waals surface area (Å²) in [6.07, 6.45) is 2.50. The number of amides is 1. The second-order valence-electron chi connectivity index (χ2n) is 6.48. The second kappa shape index (κ2) is 8.90. The zero-order chi connectivity index (χ0) is 17.6. The molecule has 1 heterocycles. The lowest BCUT2D eigenvalue weighted by Crippen LogP contribution is -2.42. The maximum Gasteiger partial charge on any atom is 0.232 e. The number of nitrogens with zero attached hydrogens (tertiary/aromatic N) is 1. The van der Waals surface area contributed by atoms with Gasteiger partial charge in [-0.1, -0.05) is 43.2 Å². The zero-order valence-corrected chi connectivity index (χ0v) is 16.2. The molecule has 0 radical (unpaired) electrons. The summed E-state index contributed by atoms with van der Waals surface area (Å²) in [5, 5.41) is 0. The molecule has 1 amide bonds. The van der Waals surface area contributed by atoms with E-state index in [1.165, 1.54) is 11.1 Å². The van der Waals surface area contributed by atoms with E-state index in [0.29, 0.717) is 18.7 Å². The summed E-state index contributed by atoms with van der Waals surface area (Å²) in [5.74, 6) is 1.63. The van der Waals surface area contributed by atoms with Crippen LogP contribution in [0.1, 0.15) is 37.3 Å². The maximum absolute atomic E-state index is 12.6. The Bertz CT molecular complexity index is 658. The van der Waals surface area contributed by atoms with Crippen LogP contribution in [0, 0.1) is 6.92 Å². The maximum atomic E-state index is 12.6. The van der Waals surface area contributed by atoms with Crippen LogP contribution in [-0.2, 0) is 20.4 Å². The summed E-state index contributed by atoms with van der Waals surface area (Å²) in [4.78, 5) is 14.4. The molecule has 0 spiro atoms. The van der Waals surface area contributed by atoms with Gasteiger partial charge in [0.05, 0.1) is 17.3 Å².